The highest BCUT2D eigenvalue weighted by Gasteiger charge is 2.22. The molecule has 6 heteroatoms. The van der Waals surface area contributed by atoms with Crippen molar-refractivity contribution in [3.63, 3.8) is 0 Å². The SMILES string of the molecule is Cc1coc2ncnc(N3CCc4ncc(Cc5cccc(F)c5)cc4C3)c12. The highest BCUT2D eigenvalue weighted by molar-refractivity contribution is 5.89. The number of halogens is 1. The second kappa shape index (κ2) is 6.71. The summed E-state index contributed by atoms with van der Waals surface area (Å²) < 4.78 is 19.0. The maximum atomic E-state index is 13.5. The first-order chi connectivity index (χ1) is 13.7. The third-order valence-electron chi connectivity index (χ3n) is 5.23. The molecule has 0 unspecified atom stereocenters. The number of nitrogens with zero attached hydrogens (tertiary/aromatic N) is 4. The average Bonchev–Trinajstić information content (AvgIpc) is 3.09. The zero-order chi connectivity index (χ0) is 19.1. The Bertz CT molecular complexity index is 1170. The molecule has 1 aliphatic heterocycles. The van der Waals surface area contributed by atoms with E-state index in [1.54, 1.807) is 24.7 Å². The van der Waals surface area contributed by atoms with Gasteiger partial charge in [0.05, 0.1) is 11.6 Å². The molecule has 0 aliphatic carbocycles. The van der Waals surface area contributed by atoms with Crippen molar-refractivity contribution >= 4 is 16.9 Å². The molecule has 0 atom stereocenters. The van der Waals surface area contributed by atoms with Crippen LogP contribution in [0.4, 0.5) is 10.2 Å². The zero-order valence-corrected chi connectivity index (χ0v) is 15.5. The van der Waals surface area contributed by atoms with Gasteiger partial charge >= 0.3 is 0 Å². The van der Waals surface area contributed by atoms with E-state index in [9.17, 15) is 4.39 Å². The smallest absolute Gasteiger partial charge is 0.231 e. The molecular weight excluding hydrogens is 355 g/mol. The number of anilines is 1. The average molecular weight is 374 g/mol. The van der Waals surface area contributed by atoms with Crippen LogP contribution in [0.25, 0.3) is 11.1 Å². The van der Waals surface area contributed by atoms with Crippen LogP contribution in [0.3, 0.4) is 0 Å². The van der Waals surface area contributed by atoms with Gasteiger partial charge in [-0.3, -0.25) is 4.98 Å². The summed E-state index contributed by atoms with van der Waals surface area (Å²) in [6, 6.07) is 8.90. The molecule has 0 N–H and O–H groups in total. The Kier molecular flexibility index (Phi) is 4.04. The van der Waals surface area contributed by atoms with Crippen LogP contribution in [0, 0.1) is 12.7 Å². The predicted octanol–water partition coefficient (Wildman–Crippen LogP) is 4.22. The van der Waals surface area contributed by atoms with Crippen molar-refractivity contribution in [2.75, 3.05) is 11.4 Å². The topological polar surface area (TPSA) is 55.1 Å². The van der Waals surface area contributed by atoms with E-state index in [4.69, 9.17) is 4.42 Å². The van der Waals surface area contributed by atoms with Crippen LogP contribution in [0.2, 0.25) is 0 Å². The summed E-state index contributed by atoms with van der Waals surface area (Å²) in [5.74, 6) is 0.690. The summed E-state index contributed by atoms with van der Waals surface area (Å²) in [4.78, 5) is 15.7. The minimum atomic E-state index is -0.210. The number of pyridine rings is 1. The lowest BCUT2D eigenvalue weighted by atomic mass is 10.00. The second-order valence-electron chi connectivity index (χ2n) is 7.22. The minimum Gasteiger partial charge on any atom is -0.446 e. The molecule has 5 nitrogen and oxygen atoms in total. The molecule has 0 amide bonds. The lowest BCUT2D eigenvalue weighted by molar-refractivity contribution is 0.599. The summed E-state index contributed by atoms with van der Waals surface area (Å²) >= 11 is 0. The van der Waals surface area contributed by atoms with Crippen LogP contribution in [-0.2, 0) is 19.4 Å². The van der Waals surface area contributed by atoms with Crippen LogP contribution in [0.5, 0.6) is 0 Å². The number of aryl methyl sites for hydroxylation is 1. The van der Waals surface area contributed by atoms with E-state index in [0.29, 0.717) is 12.1 Å². The molecule has 4 aromatic rings. The number of rotatable bonds is 3. The Balaban J connectivity index is 1.45. The molecule has 0 fully saturated rings. The number of benzene rings is 1. The van der Waals surface area contributed by atoms with Gasteiger partial charge in [0.25, 0.3) is 0 Å². The number of fused-ring (bicyclic) bond motifs is 2. The standard InChI is InChI=1S/C22H19FN4O/c1-14-12-28-22-20(14)21(25-13-26-22)27-6-5-19-17(11-27)8-16(10-24-19)7-15-3-2-4-18(23)9-15/h2-4,8-10,12-13H,5-7,11H2,1H3. The van der Waals surface area contributed by atoms with Gasteiger partial charge in [0.2, 0.25) is 5.71 Å². The van der Waals surface area contributed by atoms with Crippen LogP contribution < -0.4 is 4.90 Å². The fourth-order valence-electron chi connectivity index (χ4n) is 3.87. The lowest BCUT2D eigenvalue weighted by Crippen LogP contribution is -2.32. The summed E-state index contributed by atoms with van der Waals surface area (Å²) in [5.41, 5.74) is 5.99. The summed E-state index contributed by atoms with van der Waals surface area (Å²) in [7, 11) is 0. The Hall–Kier alpha value is -3.28. The normalized spacial score (nSPS) is 13.7. The quantitative estimate of drug-likeness (QED) is 0.537. The van der Waals surface area contributed by atoms with Crippen molar-refractivity contribution in [1.29, 1.82) is 0 Å². The highest BCUT2D eigenvalue weighted by Crippen LogP contribution is 2.31. The van der Waals surface area contributed by atoms with Crippen molar-refractivity contribution in [2.45, 2.75) is 26.3 Å². The van der Waals surface area contributed by atoms with Crippen LogP contribution in [0.15, 0.2) is 53.5 Å². The Labute approximate surface area is 161 Å². The molecule has 3 aromatic heterocycles. The molecule has 0 spiro atoms. The van der Waals surface area contributed by atoms with Crippen molar-refractivity contribution in [2.24, 2.45) is 0 Å². The lowest BCUT2D eigenvalue weighted by Gasteiger charge is -2.29. The first kappa shape index (κ1) is 16.9. The summed E-state index contributed by atoms with van der Waals surface area (Å²) in [6.07, 6.45) is 6.70. The van der Waals surface area contributed by atoms with Gasteiger partial charge in [-0.1, -0.05) is 18.2 Å². The van der Waals surface area contributed by atoms with Gasteiger partial charge in [-0.25, -0.2) is 14.4 Å². The summed E-state index contributed by atoms with van der Waals surface area (Å²) in [6.45, 7) is 3.59. The van der Waals surface area contributed by atoms with E-state index in [0.717, 1.165) is 53.1 Å². The van der Waals surface area contributed by atoms with Gasteiger partial charge in [0.15, 0.2) is 0 Å². The van der Waals surface area contributed by atoms with Gasteiger partial charge in [-0.15, -0.1) is 0 Å². The van der Waals surface area contributed by atoms with E-state index in [1.165, 1.54) is 11.6 Å². The van der Waals surface area contributed by atoms with Crippen molar-refractivity contribution in [3.8, 4) is 0 Å². The van der Waals surface area contributed by atoms with Crippen molar-refractivity contribution < 1.29 is 8.81 Å². The van der Waals surface area contributed by atoms with E-state index in [1.807, 2.05) is 19.2 Å². The second-order valence-corrected chi connectivity index (χ2v) is 7.22. The third-order valence-corrected chi connectivity index (χ3v) is 5.23. The molecule has 0 radical (unpaired) electrons. The molecule has 28 heavy (non-hydrogen) atoms. The van der Waals surface area contributed by atoms with E-state index in [2.05, 4.69) is 25.9 Å². The van der Waals surface area contributed by atoms with E-state index < -0.39 is 0 Å². The first-order valence-corrected chi connectivity index (χ1v) is 9.32. The van der Waals surface area contributed by atoms with Crippen LogP contribution >= 0.6 is 0 Å². The molecule has 0 bridgehead atoms. The van der Waals surface area contributed by atoms with Crippen molar-refractivity contribution in [3.05, 3.63) is 82.9 Å². The molecule has 0 saturated heterocycles. The fourth-order valence-corrected chi connectivity index (χ4v) is 3.87. The minimum absolute atomic E-state index is 0.210. The fraction of sp³-hybridized carbons (Fsp3) is 0.227. The number of hydrogen-bond donors (Lipinski definition) is 0. The van der Waals surface area contributed by atoms with Gasteiger partial charge in [0.1, 0.15) is 18.0 Å². The highest BCUT2D eigenvalue weighted by atomic mass is 19.1. The molecule has 4 heterocycles. The van der Waals surface area contributed by atoms with Crippen LogP contribution in [0.1, 0.15) is 27.9 Å². The monoisotopic (exact) mass is 374 g/mol. The molecule has 5 rings (SSSR count). The molecule has 140 valence electrons. The third kappa shape index (κ3) is 3.01. The first-order valence-electron chi connectivity index (χ1n) is 9.32. The molecular formula is C22H19FN4O. The van der Waals surface area contributed by atoms with E-state index in [-0.39, 0.29) is 5.82 Å². The Morgan fingerprint density at radius 1 is 1.14 bits per heavy atom. The Morgan fingerprint density at radius 2 is 2.07 bits per heavy atom. The predicted molar refractivity (Wildman–Crippen MR) is 105 cm³/mol. The van der Waals surface area contributed by atoms with E-state index >= 15 is 0 Å². The largest absolute Gasteiger partial charge is 0.446 e. The summed E-state index contributed by atoms with van der Waals surface area (Å²) in [5, 5.41) is 0.967. The van der Waals surface area contributed by atoms with Gasteiger partial charge in [0, 0.05) is 37.0 Å². The van der Waals surface area contributed by atoms with Gasteiger partial charge < -0.3 is 9.32 Å². The maximum Gasteiger partial charge on any atom is 0.231 e. The number of hydrogen-bond acceptors (Lipinski definition) is 5. The zero-order valence-electron chi connectivity index (χ0n) is 15.5. The number of aromatic nitrogens is 3. The molecule has 0 saturated carbocycles. The van der Waals surface area contributed by atoms with Gasteiger partial charge in [-0.05, 0) is 42.2 Å². The van der Waals surface area contributed by atoms with Crippen molar-refractivity contribution in [1.82, 2.24) is 15.0 Å². The van der Waals surface area contributed by atoms with Crippen LogP contribution in [-0.4, -0.2) is 21.5 Å². The molecule has 1 aliphatic rings. The molecule has 1 aromatic carbocycles. The van der Waals surface area contributed by atoms with Gasteiger partial charge in [-0.2, -0.15) is 0 Å². The maximum absolute atomic E-state index is 13.5. The Morgan fingerprint density at radius 3 is 2.96 bits per heavy atom. The number of furan rings is 1.